The van der Waals surface area contributed by atoms with Gasteiger partial charge >= 0.3 is 5.97 Å². The van der Waals surface area contributed by atoms with Gasteiger partial charge in [0, 0.05) is 12.7 Å². The second kappa shape index (κ2) is 5.81. The normalized spacial score (nSPS) is 10.1. The molecule has 0 aliphatic rings. The molecule has 0 aliphatic carbocycles. The van der Waals surface area contributed by atoms with Gasteiger partial charge < -0.3 is 15.5 Å². The number of aromatic carboxylic acids is 1. The van der Waals surface area contributed by atoms with Crippen molar-refractivity contribution >= 4 is 11.9 Å². The maximum Gasteiger partial charge on any atom is 0.354 e. The van der Waals surface area contributed by atoms with Gasteiger partial charge in [0.05, 0.1) is 0 Å². The summed E-state index contributed by atoms with van der Waals surface area (Å²) in [5.74, 6) is -0.558. The minimum absolute atomic E-state index is 0.0397. The molecule has 0 amide bonds. The van der Waals surface area contributed by atoms with Gasteiger partial charge in [0.1, 0.15) is 5.75 Å². The topological polar surface area (TPSA) is 95.3 Å². The van der Waals surface area contributed by atoms with Crippen LogP contribution in [0.15, 0.2) is 36.5 Å². The van der Waals surface area contributed by atoms with Crippen LogP contribution >= 0.6 is 0 Å². The first-order chi connectivity index (χ1) is 9.15. The molecule has 0 radical (unpaired) electrons. The summed E-state index contributed by atoms with van der Waals surface area (Å²) in [6.45, 7) is 0.577. The van der Waals surface area contributed by atoms with Crippen molar-refractivity contribution in [2.24, 2.45) is 0 Å². The minimum atomic E-state index is -1.08. The third-order valence-electron chi connectivity index (χ3n) is 2.51. The van der Waals surface area contributed by atoms with Crippen molar-refractivity contribution in [1.82, 2.24) is 9.97 Å². The van der Waals surface area contributed by atoms with Gasteiger partial charge in [-0.05, 0) is 30.2 Å². The van der Waals surface area contributed by atoms with Crippen LogP contribution in [0, 0.1) is 0 Å². The Hall–Kier alpha value is -2.63. The highest BCUT2D eigenvalue weighted by molar-refractivity contribution is 5.85. The molecule has 6 nitrogen and oxygen atoms in total. The molecule has 0 bridgehead atoms. The second-order valence-corrected chi connectivity index (χ2v) is 3.91. The summed E-state index contributed by atoms with van der Waals surface area (Å²) in [5.41, 5.74) is 1.02. The molecule has 98 valence electrons. The number of phenols is 1. The lowest BCUT2D eigenvalue weighted by Gasteiger charge is -2.05. The van der Waals surface area contributed by atoms with Crippen LogP contribution in [0.1, 0.15) is 16.1 Å². The van der Waals surface area contributed by atoms with Gasteiger partial charge in [-0.25, -0.2) is 14.8 Å². The predicted molar refractivity (Wildman–Crippen MR) is 69.3 cm³/mol. The molecule has 1 aromatic heterocycles. The van der Waals surface area contributed by atoms with Crippen LogP contribution in [0.3, 0.4) is 0 Å². The molecule has 0 fully saturated rings. The van der Waals surface area contributed by atoms with Crippen LogP contribution in [0.25, 0.3) is 0 Å². The Balaban J connectivity index is 1.90. The Labute approximate surface area is 109 Å². The van der Waals surface area contributed by atoms with E-state index in [0.29, 0.717) is 12.5 Å². The number of rotatable bonds is 5. The number of aromatic hydroxyl groups is 1. The number of nitrogens with one attached hydrogen (secondary N) is 1. The van der Waals surface area contributed by atoms with Crippen LogP contribution in [0.2, 0.25) is 0 Å². The van der Waals surface area contributed by atoms with Crippen LogP contribution in [0.5, 0.6) is 5.75 Å². The zero-order valence-electron chi connectivity index (χ0n) is 10.1. The number of aromatic nitrogens is 2. The maximum absolute atomic E-state index is 10.7. The lowest BCUT2D eigenvalue weighted by atomic mass is 10.1. The molecule has 0 atom stereocenters. The average Bonchev–Trinajstić information content (AvgIpc) is 2.41. The molecule has 0 spiro atoms. The lowest BCUT2D eigenvalue weighted by Crippen LogP contribution is -2.10. The summed E-state index contributed by atoms with van der Waals surface area (Å²) < 4.78 is 0. The van der Waals surface area contributed by atoms with Gasteiger partial charge in [0.2, 0.25) is 5.95 Å². The zero-order chi connectivity index (χ0) is 13.7. The first-order valence-electron chi connectivity index (χ1n) is 5.73. The van der Waals surface area contributed by atoms with Crippen molar-refractivity contribution in [2.45, 2.75) is 6.42 Å². The van der Waals surface area contributed by atoms with Gasteiger partial charge in [0.25, 0.3) is 0 Å². The first-order valence-corrected chi connectivity index (χ1v) is 5.73. The number of carboxylic acid groups (broad SMARTS) is 1. The van der Waals surface area contributed by atoms with Crippen LogP contribution in [-0.2, 0) is 6.42 Å². The first kappa shape index (κ1) is 12.8. The van der Waals surface area contributed by atoms with E-state index in [0.717, 1.165) is 12.0 Å². The van der Waals surface area contributed by atoms with Crippen LogP contribution in [0.4, 0.5) is 5.95 Å². The molecule has 0 unspecified atom stereocenters. The van der Waals surface area contributed by atoms with Crippen molar-refractivity contribution in [3.05, 3.63) is 47.8 Å². The molecule has 19 heavy (non-hydrogen) atoms. The van der Waals surface area contributed by atoms with E-state index in [9.17, 15) is 4.79 Å². The van der Waals surface area contributed by atoms with Crippen molar-refractivity contribution in [2.75, 3.05) is 11.9 Å². The molecular weight excluding hydrogens is 246 g/mol. The highest BCUT2D eigenvalue weighted by atomic mass is 16.4. The van der Waals surface area contributed by atoms with Crippen molar-refractivity contribution in [1.29, 1.82) is 0 Å². The van der Waals surface area contributed by atoms with Gasteiger partial charge in [-0.1, -0.05) is 12.1 Å². The van der Waals surface area contributed by atoms with Gasteiger partial charge in [-0.3, -0.25) is 0 Å². The highest BCUT2D eigenvalue weighted by Gasteiger charge is 2.05. The number of anilines is 1. The largest absolute Gasteiger partial charge is 0.508 e. The smallest absolute Gasteiger partial charge is 0.354 e. The van der Waals surface area contributed by atoms with E-state index in [1.807, 2.05) is 12.1 Å². The maximum atomic E-state index is 10.7. The Kier molecular flexibility index (Phi) is 3.92. The number of carboxylic acids is 1. The third kappa shape index (κ3) is 3.67. The van der Waals surface area contributed by atoms with E-state index in [2.05, 4.69) is 15.3 Å². The highest BCUT2D eigenvalue weighted by Crippen LogP contribution is 2.10. The molecule has 0 saturated heterocycles. The number of hydrogen-bond donors (Lipinski definition) is 3. The summed E-state index contributed by atoms with van der Waals surface area (Å²) in [5, 5.41) is 20.9. The standard InChI is InChI=1S/C13H13N3O3/c17-10-3-1-9(2-4-10)5-7-14-13-15-8-6-11(16-13)12(18)19/h1-4,6,8,17H,5,7H2,(H,18,19)(H,14,15,16). The fraction of sp³-hybridized carbons (Fsp3) is 0.154. The quantitative estimate of drug-likeness (QED) is 0.753. The minimum Gasteiger partial charge on any atom is -0.508 e. The Morgan fingerprint density at radius 1 is 1.21 bits per heavy atom. The van der Waals surface area contributed by atoms with Crippen LogP contribution in [-0.4, -0.2) is 32.7 Å². The molecule has 3 N–H and O–H groups in total. The van der Waals surface area contributed by atoms with Crippen molar-refractivity contribution in [3.63, 3.8) is 0 Å². The predicted octanol–water partition coefficient (Wildman–Crippen LogP) is 1.53. The lowest BCUT2D eigenvalue weighted by molar-refractivity contribution is 0.0690. The number of phenolic OH excluding ortho intramolecular Hbond substituents is 1. The molecule has 2 rings (SSSR count). The van der Waals surface area contributed by atoms with Gasteiger partial charge in [-0.15, -0.1) is 0 Å². The molecule has 1 aromatic carbocycles. The Morgan fingerprint density at radius 2 is 1.95 bits per heavy atom. The summed E-state index contributed by atoms with van der Waals surface area (Å²) in [6, 6.07) is 8.23. The molecule has 0 aliphatic heterocycles. The fourth-order valence-corrected chi connectivity index (χ4v) is 1.54. The summed E-state index contributed by atoms with van der Waals surface area (Å²) in [4.78, 5) is 18.5. The van der Waals surface area contributed by atoms with E-state index >= 15 is 0 Å². The van der Waals surface area contributed by atoms with E-state index in [4.69, 9.17) is 10.2 Å². The molecular formula is C13H13N3O3. The van der Waals surface area contributed by atoms with E-state index in [1.54, 1.807) is 12.1 Å². The van der Waals surface area contributed by atoms with Gasteiger partial charge in [-0.2, -0.15) is 0 Å². The van der Waals surface area contributed by atoms with E-state index < -0.39 is 5.97 Å². The number of benzene rings is 1. The average molecular weight is 259 g/mol. The van der Waals surface area contributed by atoms with Gasteiger partial charge in [0.15, 0.2) is 5.69 Å². The summed E-state index contributed by atoms with van der Waals surface area (Å²) in [7, 11) is 0. The molecule has 6 heteroatoms. The number of carbonyl (C=O) groups is 1. The van der Waals surface area contributed by atoms with Crippen molar-refractivity contribution < 1.29 is 15.0 Å². The fourth-order valence-electron chi connectivity index (χ4n) is 1.54. The molecule has 2 aromatic rings. The molecule has 1 heterocycles. The number of nitrogens with zero attached hydrogens (tertiary/aromatic N) is 2. The number of hydrogen-bond acceptors (Lipinski definition) is 5. The Bertz CT molecular complexity index is 570. The molecule has 0 saturated carbocycles. The second-order valence-electron chi connectivity index (χ2n) is 3.91. The van der Waals surface area contributed by atoms with E-state index in [1.165, 1.54) is 12.3 Å². The van der Waals surface area contributed by atoms with E-state index in [-0.39, 0.29) is 11.4 Å². The summed E-state index contributed by atoms with van der Waals surface area (Å²) >= 11 is 0. The van der Waals surface area contributed by atoms with Crippen LogP contribution < -0.4 is 5.32 Å². The monoisotopic (exact) mass is 259 g/mol. The third-order valence-corrected chi connectivity index (χ3v) is 2.51. The SMILES string of the molecule is O=C(O)c1ccnc(NCCc2ccc(O)cc2)n1. The zero-order valence-corrected chi connectivity index (χ0v) is 10.1. The summed E-state index contributed by atoms with van der Waals surface area (Å²) in [6.07, 6.45) is 2.13. The Morgan fingerprint density at radius 3 is 2.63 bits per heavy atom. The van der Waals surface area contributed by atoms with Crippen molar-refractivity contribution in [3.8, 4) is 5.75 Å².